The second kappa shape index (κ2) is 7.99. The van der Waals surface area contributed by atoms with Gasteiger partial charge in [-0.1, -0.05) is 48.6 Å². The maximum Gasteiger partial charge on any atom is 0.313 e. The number of carboxylic acid groups (broad SMARTS) is 1. The lowest BCUT2D eigenvalue weighted by Crippen LogP contribution is -1.96. The Labute approximate surface area is 131 Å². The van der Waals surface area contributed by atoms with E-state index in [0.717, 1.165) is 12.1 Å². The predicted molar refractivity (Wildman–Crippen MR) is 86.6 cm³/mol. The first-order valence-corrected chi connectivity index (χ1v) is 8.51. The summed E-state index contributed by atoms with van der Waals surface area (Å²) in [6.07, 6.45) is 3.50. The summed E-state index contributed by atoms with van der Waals surface area (Å²) >= 11 is 2.53. The zero-order valence-electron chi connectivity index (χ0n) is 11.7. The average Bonchev–Trinajstić information content (AvgIpc) is 2.92. The Morgan fingerprint density at radius 1 is 1.33 bits per heavy atom. The van der Waals surface area contributed by atoms with E-state index in [1.165, 1.54) is 41.5 Å². The minimum absolute atomic E-state index is 0.000753. The number of nitrogens with zero attached hydrogens (tertiary/aromatic N) is 2. The SMILES string of the molecule is CCCCc1ccc(Nc2nnc(SCC(=O)O)s2)cc1. The first-order chi connectivity index (χ1) is 10.2. The number of hydrogen-bond donors (Lipinski definition) is 2. The standard InChI is InChI=1S/C14H17N3O2S2/c1-2-3-4-10-5-7-11(8-6-10)15-13-16-17-14(21-13)20-9-12(18)19/h5-8H,2-4,9H2,1H3,(H,15,16)(H,18,19). The molecule has 0 atom stereocenters. The molecule has 1 heterocycles. The molecule has 1 aromatic heterocycles. The summed E-state index contributed by atoms with van der Waals surface area (Å²) in [5, 5.41) is 20.4. The first-order valence-electron chi connectivity index (χ1n) is 6.71. The number of aryl methyl sites for hydroxylation is 1. The van der Waals surface area contributed by atoms with Crippen LogP contribution in [0, 0.1) is 0 Å². The van der Waals surface area contributed by atoms with Crippen molar-refractivity contribution in [2.75, 3.05) is 11.1 Å². The van der Waals surface area contributed by atoms with Gasteiger partial charge in [0.15, 0.2) is 4.34 Å². The Bertz CT molecular complexity index is 584. The number of unbranched alkanes of at least 4 members (excludes halogenated alkanes) is 1. The fourth-order valence-corrected chi connectivity index (χ4v) is 3.19. The summed E-state index contributed by atoms with van der Waals surface area (Å²) in [5.41, 5.74) is 2.29. The molecule has 5 nitrogen and oxygen atoms in total. The number of carboxylic acids is 1. The van der Waals surface area contributed by atoms with Crippen molar-refractivity contribution in [3.8, 4) is 0 Å². The van der Waals surface area contributed by atoms with Gasteiger partial charge in [0.05, 0.1) is 5.75 Å². The molecule has 2 aromatic rings. The van der Waals surface area contributed by atoms with Crippen LogP contribution in [-0.4, -0.2) is 27.0 Å². The van der Waals surface area contributed by atoms with Gasteiger partial charge >= 0.3 is 5.97 Å². The topological polar surface area (TPSA) is 75.1 Å². The second-order valence-electron chi connectivity index (χ2n) is 4.48. The molecule has 0 radical (unpaired) electrons. The number of aromatic nitrogens is 2. The zero-order valence-corrected chi connectivity index (χ0v) is 13.3. The molecule has 0 aliphatic carbocycles. The predicted octanol–water partition coefficient (Wildman–Crippen LogP) is 3.80. The van der Waals surface area contributed by atoms with Crippen molar-refractivity contribution in [3.63, 3.8) is 0 Å². The number of rotatable bonds is 8. The highest BCUT2D eigenvalue weighted by atomic mass is 32.2. The van der Waals surface area contributed by atoms with E-state index in [1.54, 1.807) is 0 Å². The van der Waals surface area contributed by atoms with E-state index in [4.69, 9.17) is 5.11 Å². The van der Waals surface area contributed by atoms with Crippen LogP contribution in [0.3, 0.4) is 0 Å². The number of thioether (sulfide) groups is 1. The van der Waals surface area contributed by atoms with Crippen molar-refractivity contribution >= 4 is 39.9 Å². The van der Waals surface area contributed by atoms with Gasteiger partial charge in [0.25, 0.3) is 0 Å². The Balaban J connectivity index is 1.90. The minimum Gasteiger partial charge on any atom is -0.481 e. The number of anilines is 2. The minimum atomic E-state index is -0.854. The van der Waals surface area contributed by atoms with Crippen LogP contribution < -0.4 is 5.32 Å². The summed E-state index contributed by atoms with van der Waals surface area (Å²) in [6.45, 7) is 2.19. The average molecular weight is 323 g/mol. The Kier molecular flexibility index (Phi) is 6.01. The maximum atomic E-state index is 10.5. The summed E-state index contributed by atoms with van der Waals surface area (Å²) < 4.78 is 0.652. The number of nitrogens with one attached hydrogen (secondary N) is 1. The lowest BCUT2D eigenvalue weighted by atomic mass is 10.1. The van der Waals surface area contributed by atoms with Gasteiger partial charge in [-0.15, -0.1) is 10.2 Å². The Morgan fingerprint density at radius 2 is 2.10 bits per heavy atom. The normalized spacial score (nSPS) is 10.5. The molecule has 0 aliphatic rings. The summed E-state index contributed by atoms with van der Waals surface area (Å²) in [5.74, 6) is -0.854. The molecule has 0 saturated carbocycles. The lowest BCUT2D eigenvalue weighted by Gasteiger charge is -2.04. The highest BCUT2D eigenvalue weighted by Gasteiger charge is 2.07. The van der Waals surface area contributed by atoms with Gasteiger partial charge in [-0.05, 0) is 30.5 Å². The fourth-order valence-electron chi connectivity index (χ4n) is 1.70. The summed E-state index contributed by atoms with van der Waals surface area (Å²) in [6, 6.07) is 8.27. The van der Waals surface area contributed by atoms with E-state index in [2.05, 4.69) is 34.6 Å². The molecule has 0 saturated heterocycles. The Morgan fingerprint density at radius 3 is 2.76 bits per heavy atom. The lowest BCUT2D eigenvalue weighted by molar-refractivity contribution is -0.133. The van der Waals surface area contributed by atoms with Crippen molar-refractivity contribution < 1.29 is 9.90 Å². The van der Waals surface area contributed by atoms with E-state index in [-0.39, 0.29) is 5.75 Å². The van der Waals surface area contributed by atoms with Gasteiger partial charge in [0.1, 0.15) is 0 Å². The van der Waals surface area contributed by atoms with Crippen molar-refractivity contribution in [3.05, 3.63) is 29.8 Å². The van der Waals surface area contributed by atoms with E-state index >= 15 is 0 Å². The quantitative estimate of drug-likeness (QED) is 0.720. The van der Waals surface area contributed by atoms with Gasteiger partial charge in [-0.2, -0.15) is 0 Å². The van der Waals surface area contributed by atoms with Crippen LogP contribution in [0.5, 0.6) is 0 Å². The molecule has 1 aromatic carbocycles. The van der Waals surface area contributed by atoms with Crippen LogP contribution >= 0.6 is 23.1 Å². The van der Waals surface area contributed by atoms with Gasteiger partial charge in [-0.3, -0.25) is 4.79 Å². The van der Waals surface area contributed by atoms with Crippen LogP contribution in [-0.2, 0) is 11.2 Å². The van der Waals surface area contributed by atoms with Crippen molar-refractivity contribution in [2.45, 2.75) is 30.5 Å². The van der Waals surface area contributed by atoms with Crippen LogP contribution in [0.15, 0.2) is 28.6 Å². The third kappa shape index (κ3) is 5.35. The van der Waals surface area contributed by atoms with E-state index in [0.29, 0.717) is 9.47 Å². The number of hydrogen-bond acceptors (Lipinski definition) is 6. The molecule has 0 spiro atoms. The van der Waals surface area contributed by atoms with Gasteiger partial charge in [0.2, 0.25) is 5.13 Å². The molecule has 0 unspecified atom stereocenters. The van der Waals surface area contributed by atoms with Crippen molar-refractivity contribution in [1.82, 2.24) is 10.2 Å². The van der Waals surface area contributed by atoms with E-state index in [1.807, 2.05) is 12.1 Å². The van der Waals surface area contributed by atoms with Crippen LogP contribution in [0.1, 0.15) is 25.3 Å². The fraction of sp³-hybridized carbons (Fsp3) is 0.357. The molecule has 7 heteroatoms. The maximum absolute atomic E-state index is 10.5. The molecular formula is C14H17N3O2S2. The monoisotopic (exact) mass is 323 g/mol. The molecule has 0 aliphatic heterocycles. The largest absolute Gasteiger partial charge is 0.481 e. The molecule has 0 amide bonds. The molecule has 2 rings (SSSR count). The summed E-state index contributed by atoms with van der Waals surface area (Å²) in [4.78, 5) is 10.5. The third-order valence-corrected chi connectivity index (χ3v) is 4.71. The first kappa shape index (κ1) is 15.8. The number of benzene rings is 1. The van der Waals surface area contributed by atoms with Crippen LogP contribution in [0.4, 0.5) is 10.8 Å². The second-order valence-corrected chi connectivity index (χ2v) is 6.68. The highest BCUT2D eigenvalue weighted by molar-refractivity contribution is 8.01. The Hall–Kier alpha value is -1.60. The van der Waals surface area contributed by atoms with E-state index < -0.39 is 5.97 Å². The van der Waals surface area contributed by atoms with Gasteiger partial charge < -0.3 is 10.4 Å². The number of carbonyl (C=O) groups is 1. The molecule has 21 heavy (non-hydrogen) atoms. The van der Waals surface area contributed by atoms with Crippen LogP contribution in [0.25, 0.3) is 0 Å². The number of aliphatic carboxylic acids is 1. The molecule has 2 N–H and O–H groups in total. The van der Waals surface area contributed by atoms with Gasteiger partial charge in [0, 0.05) is 5.69 Å². The third-order valence-electron chi connectivity index (χ3n) is 2.75. The molecule has 112 valence electrons. The van der Waals surface area contributed by atoms with E-state index in [9.17, 15) is 4.79 Å². The summed E-state index contributed by atoms with van der Waals surface area (Å²) in [7, 11) is 0. The zero-order chi connectivity index (χ0) is 15.1. The molecule has 0 bridgehead atoms. The van der Waals surface area contributed by atoms with Crippen molar-refractivity contribution in [1.29, 1.82) is 0 Å². The molecular weight excluding hydrogens is 306 g/mol. The van der Waals surface area contributed by atoms with Crippen LogP contribution in [0.2, 0.25) is 0 Å². The molecule has 0 fully saturated rings. The highest BCUT2D eigenvalue weighted by Crippen LogP contribution is 2.27. The smallest absolute Gasteiger partial charge is 0.313 e. The van der Waals surface area contributed by atoms with Gasteiger partial charge in [-0.25, -0.2) is 0 Å². The van der Waals surface area contributed by atoms with Crippen molar-refractivity contribution in [2.24, 2.45) is 0 Å².